The quantitative estimate of drug-likeness (QED) is 0.598. The molecule has 0 unspecified atom stereocenters. The topological polar surface area (TPSA) is 57.4 Å². The predicted octanol–water partition coefficient (Wildman–Crippen LogP) is 0.600. The van der Waals surface area contributed by atoms with E-state index >= 15 is 0 Å². The molecule has 0 amide bonds. The fraction of sp³-hybridized carbons (Fsp3) is 0. The maximum atomic E-state index is 3.91. The highest BCUT2D eigenvalue weighted by Gasteiger charge is 1.97. The first kappa shape index (κ1) is 5.22. The second kappa shape index (κ2) is 1.98. The Morgan fingerprint density at radius 2 is 2.50 bits per heavy atom. The van der Waals surface area contributed by atoms with Gasteiger partial charge in [0.2, 0.25) is 0 Å². The lowest BCUT2D eigenvalue weighted by molar-refractivity contribution is 1.08. The van der Waals surface area contributed by atoms with E-state index in [1.165, 1.54) is 0 Å². The summed E-state index contributed by atoms with van der Waals surface area (Å²) in [7, 11) is 0. The van der Waals surface area contributed by atoms with E-state index in [1.54, 1.807) is 18.6 Å². The van der Waals surface area contributed by atoms with Crippen LogP contribution in [0.2, 0.25) is 0 Å². The number of H-pyrrole nitrogens is 2. The van der Waals surface area contributed by atoms with Crippen LogP contribution in [0.1, 0.15) is 0 Å². The van der Waals surface area contributed by atoms with Crippen molar-refractivity contribution in [2.45, 2.75) is 0 Å². The Balaban J connectivity index is 2.48. The van der Waals surface area contributed by atoms with E-state index in [2.05, 4.69) is 26.4 Å². The predicted molar refractivity (Wildman–Crippen MR) is 35.0 cm³/mol. The standard InChI is InChI=1S/C6H5N4/c1-2-9-10-5(1)6-3-7-4-8-6/h1,3-4H,(H,7,8)(H,9,10). The van der Waals surface area contributed by atoms with E-state index in [0.29, 0.717) is 0 Å². The molecule has 2 rings (SSSR count). The fourth-order valence-corrected chi connectivity index (χ4v) is 0.759. The van der Waals surface area contributed by atoms with Crippen LogP contribution in [0.3, 0.4) is 0 Å². The molecule has 0 aliphatic rings. The molecule has 0 bridgehead atoms. The summed E-state index contributed by atoms with van der Waals surface area (Å²) in [5.74, 6) is 0. The molecule has 2 aromatic rings. The zero-order chi connectivity index (χ0) is 6.81. The Labute approximate surface area is 57.3 Å². The highest BCUT2D eigenvalue weighted by Crippen LogP contribution is 2.09. The third-order valence-electron chi connectivity index (χ3n) is 1.22. The normalized spacial score (nSPS) is 10.0. The lowest BCUT2D eigenvalue weighted by Gasteiger charge is -1.83. The van der Waals surface area contributed by atoms with Gasteiger partial charge in [0.1, 0.15) is 5.69 Å². The van der Waals surface area contributed by atoms with Crippen molar-refractivity contribution in [2.75, 3.05) is 0 Å². The Bertz CT molecular complexity index is 249. The number of hydrogen-bond acceptors (Lipinski definition) is 2. The van der Waals surface area contributed by atoms with Gasteiger partial charge in [0.15, 0.2) is 0 Å². The number of nitrogens with zero attached hydrogens (tertiary/aromatic N) is 2. The van der Waals surface area contributed by atoms with Gasteiger partial charge in [-0.05, 0) is 6.07 Å². The molecule has 0 spiro atoms. The Hall–Kier alpha value is -1.58. The minimum absolute atomic E-state index is 0.831. The highest BCUT2D eigenvalue weighted by molar-refractivity contribution is 5.50. The van der Waals surface area contributed by atoms with Gasteiger partial charge in [0.25, 0.3) is 0 Å². The number of aromatic amines is 2. The van der Waals surface area contributed by atoms with E-state index < -0.39 is 0 Å². The lowest BCUT2D eigenvalue weighted by Crippen LogP contribution is -1.75. The van der Waals surface area contributed by atoms with Crippen LogP contribution in [0.4, 0.5) is 0 Å². The van der Waals surface area contributed by atoms with Crippen LogP contribution < -0.4 is 0 Å². The van der Waals surface area contributed by atoms with Gasteiger partial charge in [-0.3, -0.25) is 5.10 Å². The maximum absolute atomic E-state index is 3.91. The zero-order valence-corrected chi connectivity index (χ0v) is 5.13. The monoisotopic (exact) mass is 133 g/mol. The largest absolute Gasteiger partial charge is 0.343 e. The molecule has 0 aliphatic heterocycles. The van der Waals surface area contributed by atoms with Gasteiger partial charge >= 0.3 is 0 Å². The first-order valence-corrected chi connectivity index (χ1v) is 2.87. The van der Waals surface area contributed by atoms with Gasteiger partial charge < -0.3 is 4.98 Å². The Morgan fingerprint density at radius 1 is 1.50 bits per heavy atom. The van der Waals surface area contributed by atoms with Crippen LogP contribution in [-0.4, -0.2) is 20.2 Å². The van der Waals surface area contributed by atoms with Gasteiger partial charge in [0, 0.05) is 0 Å². The summed E-state index contributed by atoms with van der Waals surface area (Å²) >= 11 is 0. The first-order chi connectivity index (χ1) is 4.97. The maximum Gasteiger partial charge on any atom is 0.111 e. The van der Waals surface area contributed by atoms with Crippen molar-refractivity contribution in [3.8, 4) is 11.4 Å². The number of imidazole rings is 1. The third-order valence-corrected chi connectivity index (χ3v) is 1.22. The number of rotatable bonds is 1. The smallest absolute Gasteiger partial charge is 0.111 e. The molecule has 0 aromatic carbocycles. The molecule has 2 aromatic heterocycles. The van der Waals surface area contributed by atoms with Crippen molar-refractivity contribution in [3.05, 3.63) is 24.8 Å². The van der Waals surface area contributed by atoms with Crippen LogP contribution in [-0.2, 0) is 0 Å². The summed E-state index contributed by atoms with van der Waals surface area (Å²) in [4.78, 5) is 6.78. The average Bonchev–Trinajstić information content (AvgIpc) is 2.59. The molecule has 1 radical (unpaired) electrons. The molecule has 4 heteroatoms. The minimum atomic E-state index is 0.831. The Morgan fingerprint density at radius 3 is 3.10 bits per heavy atom. The minimum Gasteiger partial charge on any atom is -0.343 e. The van der Waals surface area contributed by atoms with Gasteiger partial charge in [0.05, 0.1) is 24.4 Å². The molecule has 0 saturated carbocycles. The summed E-state index contributed by atoms with van der Waals surface area (Å²) in [5.41, 5.74) is 1.73. The van der Waals surface area contributed by atoms with Crippen molar-refractivity contribution < 1.29 is 0 Å². The molecule has 10 heavy (non-hydrogen) atoms. The van der Waals surface area contributed by atoms with Crippen LogP contribution in [0.5, 0.6) is 0 Å². The molecule has 2 heterocycles. The average molecular weight is 133 g/mol. The second-order valence-corrected chi connectivity index (χ2v) is 1.86. The van der Waals surface area contributed by atoms with E-state index in [4.69, 9.17) is 0 Å². The summed E-state index contributed by atoms with van der Waals surface area (Å²) in [6, 6.07) is 1.76. The van der Waals surface area contributed by atoms with Gasteiger partial charge in [-0.1, -0.05) is 0 Å². The molecular formula is C6H5N4. The van der Waals surface area contributed by atoms with E-state index in [-0.39, 0.29) is 0 Å². The van der Waals surface area contributed by atoms with Crippen molar-refractivity contribution in [1.82, 2.24) is 20.2 Å². The molecule has 0 aliphatic carbocycles. The number of aromatic nitrogens is 4. The first-order valence-electron chi connectivity index (χ1n) is 2.87. The number of nitrogens with one attached hydrogen (secondary N) is 2. The van der Waals surface area contributed by atoms with Gasteiger partial charge in [-0.2, -0.15) is 5.10 Å². The van der Waals surface area contributed by atoms with Crippen molar-refractivity contribution in [3.63, 3.8) is 0 Å². The SMILES string of the molecule is [c]1cc(-c2cnc[nH]2)n[nH]1. The van der Waals surface area contributed by atoms with Crippen molar-refractivity contribution in [2.24, 2.45) is 0 Å². The molecule has 49 valence electrons. The number of hydrogen-bond donors (Lipinski definition) is 2. The van der Waals surface area contributed by atoms with Crippen molar-refractivity contribution in [1.29, 1.82) is 0 Å². The highest BCUT2D eigenvalue weighted by atomic mass is 15.1. The second-order valence-electron chi connectivity index (χ2n) is 1.86. The summed E-state index contributed by atoms with van der Waals surface area (Å²) < 4.78 is 0. The van der Waals surface area contributed by atoms with E-state index in [0.717, 1.165) is 11.4 Å². The van der Waals surface area contributed by atoms with Crippen LogP contribution in [0, 0.1) is 6.20 Å². The van der Waals surface area contributed by atoms with Crippen LogP contribution in [0.25, 0.3) is 11.4 Å². The summed E-state index contributed by atoms with van der Waals surface area (Å²) in [6.07, 6.45) is 6.06. The van der Waals surface area contributed by atoms with Crippen molar-refractivity contribution >= 4 is 0 Å². The van der Waals surface area contributed by atoms with Gasteiger partial charge in [-0.25, -0.2) is 4.98 Å². The molecule has 2 N–H and O–H groups in total. The third kappa shape index (κ3) is 0.699. The van der Waals surface area contributed by atoms with Crippen LogP contribution >= 0.6 is 0 Å². The fourth-order valence-electron chi connectivity index (χ4n) is 0.759. The molecule has 0 atom stereocenters. The van der Waals surface area contributed by atoms with Gasteiger partial charge in [-0.15, -0.1) is 0 Å². The van der Waals surface area contributed by atoms with E-state index in [9.17, 15) is 0 Å². The summed E-state index contributed by atoms with van der Waals surface area (Å²) in [5, 5.41) is 6.50. The lowest BCUT2D eigenvalue weighted by atomic mass is 10.3. The van der Waals surface area contributed by atoms with E-state index in [1.807, 2.05) is 0 Å². The molecular weight excluding hydrogens is 128 g/mol. The zero-order valence-electron chi connectivity index (χ0n) is 5.13. The Kier molecular flexibility index (Phi) is 1.04. The molecule has 0 fully saturated rings. The molecule has 0 saturated heterocycles. The molecule has 4 nitrogen and oxygen atoms in total. The summed E-state index contributed by atoms with van der Waals surface area (Å²) in [6.45, 7) is 0. The van der Waals surface area contributed by atoms with Crippen LogP contribution in [0.15, 0.2) is 18.6 Å².